The van der Waals surface area contributed by atoms with Crippen LogP contribution >= 0.6 is 0 Å². The molecule has 1 unspecified atom stereocenters. The van der Waals surface area contributed by atoms with Gasteiger partial charge in [0.1, 0.15) is 12.5 Å². The van der Waals surface area contributed by atoms with Gasteiger partial charge in [0, 0.05) is 12.1 Å². The number of phenols is 1. The number of hydrogen-bond donors (Lipinski definition) is 5. The van der Waals surface area contributed by atoms with Crippen LogP contribution in [-0.2, 0) is 6.18 Å². The molecule has 1 fully saturated rings. The van der Waals surface area contributed by atoms with Crippen molar-refractivity contribution in [1.29, 1.82) is 0 Å². The number of phenolic OH excluding ortho intramolecular Hbond substituents is 1. The van der Waals surface area contributed by atoms with E-state index in [4.69, 9.17) is 5.11 Å². The molecule has 3 rings (SSSR count). The number of amides is 3. The maximum atomic E-state index is 13.1. The molecule has 33 heavy (non-hydrogen) atoms. The van der Waals surface area contributed by atoms with E-state index in [0.717, 1.165) is 25.0 Å². The average Bonchev–Trinajstić information content (AvgIpc) is 3.62. The summed E-state index contributed by atoms with van der Waals surface area (Å²) in [6, 6.07) is 7.82. The van der Waals surface area contributed by atoms with Gasteiger partial charge in [0.15, 0.2) is 0 Å². The lowest BCUT2D eigenvalue weighted by atomic mass is 9.89. The standard InChI is InChI=1S/C23H26F3N3O4/c1-2-22(15-7-8-15,29-21(33)28-13-30)12-27-20(32)18-10-9-17(31)11-19(18)14-3-5-16(6-4-14)23(24,25)26/h3-6,9-11,15,30-31H,2,7-8,12-13H2,1H3,(H,27,32)(H2,28,29,33). The topological polar surface area (TPSA) is 111 Å². The number of rotatable bonds is 8. The number of hydrogen-bond acceptors (Lipinski definition) is 4. The van der Waals surface area contributed by atoms with E-state index in [1.807, 2.05) is 6.92 Å². The Labute approximate surface area is 189 Å². The Morgan fingerprint density at radius 1 is 1.06 bits per heavy atom. The minimum Gasteiger partial charge on any atom is -0.508 e. The zero-order valence-electron chi connectivity index (χ0n) is 18.0. The Morgan fingerprint density at radius 2 is 1.73 bits per heavy atom. The smallest absolute Gasteiger partial charge is 0.416 e. The number of benzene rings is 2. The number of aliphatic hydroxyl groups excluding tert-OH is 1. The van der Waals surface area contributed by atoms with Crippen molar-refractivity contribution in [3.8, 4) is 16.9 Å². The van der Waals surface area contributed by atoms with Crippen LogP contribution in [0.15, 0.2) is 42.5 Å². The molecule has 2 aromatic carbocycles. The second-order valence-corrected chi connectivity index (χ2v) is 8.06. The molecular formula is C23H26F3N3O4. The molecule has 3 amide bonds. The third-order valence-corrected chi connectivity index (χ3v) is 5.93. The van der Waals surface area contributed by atoms with Crippen molar-refractivity contribution in [3.05, 3.63) is 53.6 Å². The van der Waals surface area contributed by atoms with Crippen LogP contribution in [-0.4, -0.2) is 41.0 Å². The number of aliphatic hydroxyl groups is 1. The summed E-state index contributed by atoms with van der Waals surface area (Å²) in [7, 11) is 0. The molecule has 0 spiro atoms. The summed E-state index contributed by atoms with van der Waals surface area (Å²) in [6.45, 7) is 1.49. The molecular weight excluding hydrogens is 439 g/mol. The Kier molecular flexibility index (Phi) is 7.16. The van der Waals surface area contributed by atoms with Gasteiger partial charge in [-0.1, -0.05) is 19.1 Å². The first-order valence-corrected chi connectivity index (χ1v) is 10.6. The molecule has 1 aliphatic carbocycles. The lowest BCUT2D eigenvalue weighted by molar-refractivity contribution is -0.137. The van der Waals surface area contributed by atoms with E-state index in [1.54, 1.807) is 0 Å². The number of halogens is 3. The van der Waals surface area contributed by atoms with Crippen molar-refractivity contribution in [2.75, 3.05) is 13.3 Å². The lowest BCUT2D eigenvalue weighted by Crippen LogP contribution is -2.59. The summed E-state index contributed by atoms with van der Waals surface area (Å²) in [6.07, 6.45) is -2.17. The Morgan fingerprint density at radius 3 is 2.27 bits per heavy atom. The van der Waals surface area contributed by atoms with Gasteiger partial charge in [-0.2, -0.15) is 13.2 Å². The van der Waals surface area contributed by atoms with Crippen molar-refractivity contribution in [2.45, 2.75) is 37.9 Å². The molecule has 0 radical (unpaired) electrons. The van der Waals surface area contributed by atoms with Crippen LogP contribution in [0.5, 0.6) is 5.75 Å². The summed E-state index contributed by atoms with van der Waals surface area (Å²) in [4.78, 5) is 25.1. The first kappa shape index (κ1) is 24.4. The number of aromatic hydroxyl groups is 1. The third-order valence-electron chi connectivity index (χ3n) is 5.93. The molecule has 0 saturated heterocycles. The molecule has 1 saturated carbocycles. The summed E-state index contributed by atoms with van der Waals surface area (Å²) >= 11 is 0. The molecule has 5 N–H and O–H groups in total. The fourth-order valence-corrected chi connectivity index (χ4v) is 3.91. The van der Waals surface area contributed by atoms with E-state index in [2.05, 4.69) is 16.0 Å². The Hall–Kier alpha value is -3.27. The zero-order valence-corrected chi connectivity index (χ0v) is 18.0. The molecule has 1 atom stereocenters. The first-order valence-electron chi connectivity index (χ1n) is 10.6. The van der Waals surface area contributed by atoms with E-state index < -0.39 is 35.9 Å². The van der Waals surface area contributed by atoms with Gasteiger partial charge in [-0.05, 0) is 66.6 Å². The van der Waals surface area contributed by atoms with E-state index in [0.29, 0.717) is 12.0 Å². The highest BCUT2D eigenvalue weighted by Crippen LogP contribution is 2.41. The van der Waals surface area contributed by atoms with E-state index in [1.165, 1.54) is 30.3 Å². The zero-order chi connectivity index (χ0) is 24.2. The maximum absolute atomic E-state index is 13.1. The molecule has 1 aliphatic rings. The highest BCUT2D eigenvalue weighted by Gasteiger charge is 2.45. The molecule has 0 heterocycles. The normalized spacial score (nSPS) is 15.4. The van der Waals surface area contributed by atoms with Crippen LogP contribution < -0.4 is 16.0 Å². The summed E-state index contributed by atoms with van der Waals surface area (Å²) < 4.78 is 38.7. The fraction of sp³-hybridized carbons (Fsp3) is 0.391. The molecule has 178 valence electrons. The van der Waals surface area contributed by atoms with Gasteiger partial charge in [-0.15, -0.1) is 0 Å². The van der Waals surface area contributed by atoms with Gasteiger partial charge < -0.3 is 26.2 Å². The van der Waals surface area contributed by atoms with Crippen LogP contribution in [0.2, 0.25) is 0 Å². The molecule has 10 heteroatoms. The van der Waals surface area contributed by atoms with Crippen molar-refractivity contribution in [2.24, 2.45) is 5.92 Å². The minimum absolute atomic E-state index is 0.124. The molecule has 2 aromatic rings. The number of carbonyl (C=O) groups is 2. The fourth-order valence-electron chi connectivity index (χ4n) is 3.91. The second kappa shape index (κ2) is 9.70. The first-order chi connectivity index (χ1) is 15.6. The van der Waals surface area contributed by atoms with Gasteiger partial charge >= 0.3 is 12.2 Å². The highest BCUT2D eigenvalue weighted by molar-refractivity contribution is 6.01. The Bertz CT molecular complexity index is 1010. The highest BCUT2D eigenvalue weighted by atomic mass is 19.4. The van der Waals surface area contributed by atoms with Crippen molar-refractivity contribution in [3.63, 3.8) is 0 Å². The van der Waals surface area contributed by atoms with Crippen LogP contribution in [0, 0.1) is 5.92 Å². The average molecular weight is 465 g/mol. The quantitative estimate of drug-likeness (QED) is 0.384. The van der Waals surface area contributed by atoms with Crippen molar-refractivity contribution < 1.29 is 33.0 Å². The van der Waals surface area contributed by atoms with Crippen molar-refractivity contribution >= 4 is 11.9 Å². The summed E-state index contributed by atoms with van der Waals surface area (Å²) in [5.74, 6) is -0.459. The summed E-state index contributed by atoms with van der Waals surface area (Å²) in [5, 5.41) is 26.8. The number of carbonyl (C=O) groups excluding carboxylic acids is 2. The Balaban J connectivity index is 1.83. The predicted octanol–water partition coefficient (Wildman–Crippen LogP) is 3.62. The van der Waals surface area contributed by atoms with Gasteiger partial charge in [0.2, 0.25) is 0 Å². The van der Waals surface area contributed by atoms with Crippen LogP contribution in [0.3, 0.4) is 0 Å². The molecule has 7 nitrogen and oxygen atoms in total. The van der Waals surface area contributed by atoms with Crippen LogP contribution in [0.1, 0.15) is 42.1 Å². The van der Waals surface area contributed by atoms with Gasteiger partial charge in [0.25, 0.3) is 5.91 Å². The third kappa shape index (κ3) is 5.75. The lowest BCUT2D eigenvalue weighted by Gasteiger charge is -2.34. The van der Waals surface area contributed by atoms with E-state index in [9.17, 15) is 27.9 Å². The van der Waals surface area contributed by atoms with E-state index in [-0.39, 0.29) is 29.3 Å². The molecule has 0 aliphatic heterocycles. The second-order valence-electron chi connectivity index (χ2n) is 8.06. The molecule has 0 bridgehead atoms. The largest absolute Gasteiger partial charge is 0.508 e. The van der Waals surface area contributed by atoms with Gasteiger partial charge in [-0.3, -0.25) is 4.79 Å². The van der Waals surface area contributed by atoms with Crippen molar-refractivity contribution in [1.82, 2.24) is 16.0 Å². The number of urea groups is 1. The SMILES string of the molecule is CCC(CNC(=O)c1ccc(O)cc1-c1ccc(C(F)(F)F)cc1)(NC(=O)NCO)C1CC1. The molecule has 0 aromatic heterocycles. The van der Waals surface area contributed by atoms with Gasteiger partial charge in [-0.25, -0.2) is 4.79 Å². The summed E-state index contributed by atoms with van der Waals surface area (Å²) in [5.41, 5.74) is -0.732. The monoisotopic (exact) mass is 465 g/mol. The van der Waals surface area contributed by atoms with E-state index >= 15 is 0 Å². The maximum Gasteiger partial charge on any atom is 0.416 e. The van der Waals surface area contributed by atoms with Gasteiger partial charge in [0.05, 0.1) is 11.1 Å². The van der Waals surface area contributed by atoms with Crippen LogP contribution in [0.4, 0.5) is 18.0 Å². The van der Waals surface area contributed by atoms with Crippen LogP contribution in [0.25, 0.3) is 11.1 Å². The number of alkyl halides is 3. The number of nitrogens with one attached hydrogen (secondary N) is 3. The minimum atomic E-state index is -4.49. The predicted molar refractivity (Wildman–Crippen MR) is 115 cm³/mol.